The number of pyridine rings is 1. The maximum absolute atomic E-state index is 10.6. The second kappa shape index (κ2) is 4.33. The van der Waals surface area contributed by atoms with E-state index in [1.807, 2.05) is 0 Å². The Morgan fingerprint density at radius 2 is 2.42 bits per heavy atom. The monoisotopic (exact) mass is 167 g/mol. The Kier molecular flexibility index (Phi) is 3.07. The van der Waals surface area contributed by atoms with Crippen LogP contribution in [0.5, 0.6) is 5.88 Å². The maximum atomic E-state index is 10.6. The van der Waals surface area contributed by atoms with Crippen molar-refractivity contribution >= 4 is 5.97 Å². The van der Waals surface area contributed by atoms with E-state index in [2.05, 4.69) is 14.8 Å². The van der Waals surface area contributed by atoms with Crippen LogP contribution in [-0.2, 0) is 9.68 Å². The number of hydrogen-bond acceptors (Lipinski definition) is 4. The Balaban J connectivity index is 2.38. The van der Waals surface area contributed by atoms with Crippen LogP contribution in [0.15, 0.2) is 24.4 Å². The Hall–Kier alpha value is -1.58. The number of hydrogen-bond donors (Lipinski definition) is 0. The van der Waals surface area contributed by atoms with E-state index in [1.54, 1.807) is 31.3 Å². The molecule has 1 heterocycles. The first-order valence-electron chi connectivity index (χ1n) is 3.61. The van der Waals surface area contributed by atoms with Crippen LogP contribution in [-0.4, -0.2) is 11.0 Å². The quantitative estimate of drug-likeness (QED) is 0.503. The standard InChI is InChI=1S/C8H9NO3/c1-2-8(10)12-11-7-5-3-4-6-9-7/h3-6H,2H2,1H3. The van der Waals surface area contributed by atoms with Crippen LogP contribution in [0.1, 0.15) is 13.3 Å². The van der Waals surface area contributed by atoms with Gasteiger partial charge in [0.05, 0.1) is 0 Å². The second-order valence-electron chi connectivity index (χ2n) is 2.06. The Morgan fingerprint density at radius 1 is 1.58 bits per heavy atom. The minimum atomic E-state index is -0.416. The van der Waals surface area contributed by atoms with E-state index >= 15 is 0 Å². The fraction of sp³-hybridized carbons (Fsp3) is 0.250. The van der Waals surface area contributed by atoms with Crippen molar-refractivity contribution in [1.29, 1.82) is 0 Å². The molecule has 4 heteroatoms. The molecule has 0 saturated carbocycles. The van der Waals surface area contributed by atoms with Crippen LogP contribution in [0.3, 0.4) is 0 Å². The van der Waals surface area contributed by atoms with Crippen LogP contribution < -0.4 is 4.89 Å². The average molecular weight is 167 g/mol. The zero-order valence-electron chi connectivity index (χ0n) is 6.69. The molecule has 12 heavy (non-hydrogen) atoms. The van der Waals surface area contributed by atoms with Gasteiger partial charge in [0.15, 0.2) is 0 Å². The molecular weight excluding hydrogens is 158 g/mol. The molecule has 0 N–H and O–H groups in total. The van der Waals surface area contributed by atoms with Crippen LogP contribution in [0.4, 0.5) is 0 Å². The Labute approximate surface area is 70.1 Å². The van der Waals surface area contributed by atoms with Crippen molar-refractivity contribution in [2.45, 2.75) is 13.3 Å². The highest BCUT2D eigenvalue weighted by Crippen LogP contribution is 2.03. The molecule has 0 radical (unpaired) electrons. The van der Waals surface area contributed by atoms with E-state index in [4.69, 9.17) is 0 Å². The Morgan fingerprint density at radius 3 is 3.00 bits per heavy atom. The molecule has 0 aromatic carbocycles. The van der Waals surface area contributed by atoms with E-state index < -0.39 is 5.97 Å². The van der Waals surface area contributed by atoms with Crippen molar-refractivity contribution in [3.05, 3.63) is 24.4 Å². The van der Waals surface area contributed by atoms with Gasteiger partial charge in [-0.1, -0.05) is 13.0 Å². The number of rotatable bonds is 3. The molecule has 0 amide bonds. The van der Waals surface area contributed by atoms with E-state index in [0.717, 1.165) is 0 Å². The van der Waals surface area contributed by atoms with Crippen LogP contribution >= 0.6 is 0 Å². The van der Waals surface area contributed by atoms with Crippen LogP contribution in [0.25, 0.3) is 0 Å². The lowest BCUT2D eigenvalue weighted by Crippen LogP contribution is -2.06. The summed E-state index contributed by atoms with van der Waals surface area (Å²) in [5, 5.41) is 0. The summed E-state index contributed by atoms with van der Waals surface area (Å²) in [4.78, 5) is 23.4. The van der Waals surface area contributed by atoms with Gasteiger partial charge in [-0.15, -0.1) is 0 Å². The van der Waals surface area contributed by atoms with Gasteiger partial charge in [0.25, 0.3) is 5.88 Å². The van der Waals surface area contributed by atoms with Gasteiger partial charge >= 0.3 is 5.97 Å². The lowest BCUT2D eigenvalue weighted by Gasteiger charge is -2.00. The number of carbonyl (C=O) groups is 1. The van der Waals surface area contributed by atoms with Crippen molar-refractivity contribution < 1.29 is 14.6 Å². The second-order valence-corrected chi connectivity index (χ2v) is 2.06. The van der Waals surface area contributed by atoms with E-state index in [0.29, 0.717) is 0 Å². The molecule has 0 fully saturated rings. The zero-order valence-corrected chi connectivity index (χ0v) is 6.69. The Bertz CT molecular complexity index is 248. The smallest absolute Gasteiger partial charge is 0.266 e. The highest BCUT2D eigenvalue weighted by Gasteiger charge is 2.00. The summed E-state index contributed by atoms with van der Waals surface area (Å²) in [5.74, 6) is -0.139. The summed E-state index contributed by atoms with van der Waals surface area (Å²) < 4.78 is 0. The van der Waals surface area contributed by atoms with Crippen molar-refractivity contribution in [3.63, 3.8) is 0 Å². The summed E-state index contributed by atoms with van der Waals surface area (Å²) in [7, 11) is 0. The molecule has 0 aliphatic rings. The molecule has 0 spiro atoms. The lowest BCUT2D eigenvalue weighted by atomic mass is 10.5. The maximum Gasteiger partial charge on any atom is 0.355 e. The summed E-state index contributed by atoms with van der Waals surface area (Å²) in [6.07, 6.45) is 1.84. The van der Waals surface area contributed by atoms with E-state index in [9.17, 15) is 4.79 Å². The minimum absolute atomic E-state index is 0.277. The van der Waals surface area contributed by atoms with Gasteiger partial charge in [-0.05, 0) is 6.07 Å². The third kappa shape index (κ3) is 2.57. The molecule has 1 rings (SSSR count). The van der Waals surface area contributed by atoms with Crippen molar-refractivity contribution in [1.82, 2.24) is 4.98 Å². The molecule has 64 valence electrons. The first-order valence-corrected chi connectivity index (χ1v) is 3.61. The number of nitrogens with zero attached hydrogens (tertiary/aromatic N) is 1. The molecule has 0 atom stereocenters. The largest absolute Gasteiger partial charge is 0.355 e. The molecular formula is C8H9NO3. The predicted octanol–water partition coefficient (Wildman–Crippen LogP) is 1.33. The first kappa shape index (κ1) is 8.52. The fourth-order valence-corrected chi connectivity index (χ4v) is 0.544. The zero-order chi connectivity index (χ0) is 8.81. The van der Waals surface area contributed by atoms with Gasteiger partial charge < -0.3 is 0 Å². The summed E-state index contributed by atoms with van der Waals surface area (Å²) in [5.41, 5.74) is 0. The molecule has 0 aliphatic carbocycles. The van der Waals surface area contributed by atoms with E-state index in [-0.39, 0.29) is 12.3 Å². The minimum Gasteiger partial charge on any atom is -0.266 e. The van der Waals surface area contributed by atoms with Gasteiger partial charge in [-0.3, -0.25) is 4.89 Å². The topological polar surface area (TPSA) is 48.4 Å². The third-order valence-corrected chi connectivity index (χ3v) is 1.15. The highest BCUT2D eigenvalue weighted by molar-refractivity contribution is 5.68. The molecule has 1 aromatic heterocycles. The first-order chi connectivity index (χ1) is 5.83. The molecule has 0 unspecified atom stereocenters. The van der Waals surface area contributed by atoms with Gasteiger partial charge in [0.1, 0.15) is 0 Å². The average Bonchev–Trinajstić information content (AvgIpc) is 2.16. The molecule has 0 aliphatic heterocycles. The van der Waals surface area contributed by atoms with Gasteiger partial charge in [-0.2, -0.15) is 0 Å². The summed E-state index contributed by atoms with van der Waals surface area (Å²) >= 11 is 0. The molecule has 1 aromatic rings. The van der Waals surface area contributed by atoms with Crippen LogP contribution in [0.2, 0.25) is 0 Å². The molecule has 4 nitrogen and oxygen atoms in total. The van der Waals surface area contributed by atoms with Crippen LogP contribution in [0, 0.1) is 0 Å². The number of carbonyl (C=O) groups excluding carboxylic acids is 1. The molecule has 0 saturated heterocycles. The van der Waals surface area contributed by atoms with Gasteiger partial charge in [-0.25, -0.2) is 14.7 Å². The predicted molar refractivity (Wildman–Crippen MR) is 41.2 cm³/mol. The summed E-state index contributed by atoms with van der Waals surface area (Å²) in [6.45, 7) is 1.68. The van der Waals surface area contributed by atoms with E-state index in [1.165, 1.54) is 0 Å². The lowest BCUT2D eigenvalue weighted by molar-refractivity contribution is -0.215. The van der Waals surface area contributed by atoms with Crippen molar-refractivity contribution in [2.75, 3.05) is 0 Å². The molecule has 0 bridgehead atoms. The SMILES string of the molecule is CCC(=O)OOc1ccccn1. The normalized spacial score (nSPS) is 9.08. The van der Waals surface area contributed by atoms with Crippen molar-refractivity contribution in [3.8, 4) is 5.88 Å². The van der Waals surface area contributed by atoms with Crippen molar-refractivity contribution in [2.24, 2.45) is 0 Å². The van der Waals surface area contributed by atoms with Gasteiger partial charge in [0.2, 0.25) is 0 Å². The third-order valence-electron chi connectivity index (χ3n) is 1.15. The number of aromatic nitrogens is 1. The fourth-order valence-electron chi connectivity index (χ4n) is 0.544. The summed E-state index contributed by atoms with van der Waals surface area (Å²) in [6, 6.07) is 5.08. The van der Waals surface area contributed by atoms with Gasteiger partial charge in [0, 0.05) is 18.7 Å². The highest BCUT2D eigenvalue weighted by atomic mass is 17.2.